The van der Waals surface area contributed by atoms with Crippen molar-refractivity contribution < 1.29 is 8.78 Å². The molecule has 0 bridgehead atoms. The van der Waals surface area contributed by atoms with Gasteiger partial charge < -0.3 is 5.73 Å². The van der Waals surface area contributed by atoms with Crippen LogP contribution in [0.1, 0.15) is 31.7 Å². The van der Waals surface area contributed by atoms with Crippen molar-refractivity contribution in [1.29, 1.82) is 0 Å². The highest BCUT2D eigenvalue weighted by Crippen LogP contribution is 2.33. The maximum atomic E-state index is 13.1. The van der Waals surface area contributed by atoms with Gasteiger partial charge in [-0.2, -0.15) is 0 Å². The molecule has 0 radical (unpaired) electrons. The molecule has 1 aliphatic carbocycles. The molecular weight excluding hydrogens is 220 g/mol. The Kier molecular flexibility index (Phi) is 3.77. The van der Waals surface area contributed by atoms with Crippen LogP contribution in [0.15, 0.2) is 18.2 Å². The number of rotatable bonds is 3. The molecule has 17 heavy (non-hydrogen) atoms. The lowest BCUT2D eigenvalue weighted by atomic mass is 9.87. The average Bonchev–Trinajstić information content (AvgIpc) is 2.70. The minimum atomic E-state index is -0.795. The topological polar surface area (TPSA) is 26.0 Å². The molecule has 0 aliphatic heterocycles. The van der Waals surface area contributed by atoms with E-state index >= 15 is 0 Å². The lowest BCUT2D eigenvalue weighted by molar-refractivity contribution is 0.343. The molecule has 0 saturated heterocycles. The van der Waals surface area contributed by atoms with Crippen LogP contribution in [0.5, 0.6) is 0 Å². The molecule has 1 saturated carbocycles. The van der Waals surface area contributed by atoms with E-state index in [9.17, 15) is 8.78 Å². The Morgan fingerprint density at radius 1 is 1.29 bits per heavy atom. The fraction of sp³-hybridized carbons (Fsp3) is 0.571. The zero-order valence-corrected chi connectivity index (χ0v) is 10.1. The van der Waals surface area contributed by atoms with E-state index < -0.39 is 11.6 Å². The molecule has 0 heterocycles. The predicted molar refractivity (Wildman–Crippen MR) is 64.5 cm³/mol. The number of hydrogen-bond acceptors (Lipinski definition) is 1. The van der Waals surface area contributed by atoms with Gasteiger partial charge >= 0.3 is 0 Å². The Morgan fingerprint density at radius 3 is 2.65 bits per heavy atom. The highest BCUT2D eigenvalue weighted by atomic mass is 19.2. The van der Waals surface area contributed by atoms with Crippen LogP contribution >= 0.6 is 0 Å². The first kappa shape index (κ1) is 12.5. The molecule has 0 spiro atoms. The lowest BCUT2D eigenvalue weighted by Crippen LogP contribution is -2.33. The molecule has 0 aromatic heterocycles. The van der Waals surface area contributed by atoms with Crippen LogP contribution in [0, 0.1) is 23.5 Å². The third kappa shape index (κ3) is 2.83. The number of hydrogen-bond donors (Lipinski definition) is 1. The summed E-state index contributed by atoms with van der Waals surface area (Å²) in [7, 11) is 0. The predicted octanol–water partition coefficient (Wildman–Crippen LogP) is 3.27. The van der Waals surface area contributed by atoms with E-state index in [0.717, 1.165) is 12.0 Å². The first-order valence-corrected chi connectivity index (χ1v) is 6.27. The molecule has 3 unspecified atom stereocenters. The molecule has 3 heteroatoms. The highest BCUT2D eigenvalue weighted by Gasteiger charge is 2.28. The van der Waals surface area contributed by atoms with Gasteiger partial charge in [0.05, 0.1) is 0 Å². The van der Waals surface area contributed by atoms with Crippen LogP contribution in [-0.4, -0.2) is 6.04 Å². The van der Waals surface area contributed by atoms with Gasteiger partial charge in [-0.05, 0) is 42.4 Å². The van der Waals surface area contributed by atoms with Crippen LogP contribution in [-0.2, 0) is 6.42 Å². The number of nitrogens with two attached hydrogens (primary N) is 1. The minimum Gasteiger partial charge on any atom is -0.327 e. The largest absolute Gasteiger partial charge is 0.327 e. The normalized spacial score (nSPS) is 26.1. The summed E-state index contributed by atoms with van der Waals surface area (Å²) in [5.41, 5.74) is 6.96. The SMILES string of the molecule is CC1CCCC1C(N)Cc1ccc(F)c(F)c1. The Labute approximate surface area is 101 Å². The highest BCUT2D eigenvalue weighted by molar-refractivity contribution is 5.19. The Morgan fingerprint density at radius 2 is 2.06 bits per heavy atom. The second-order valence-electron chi connectivity index (χ2n) is 5.19. The average molecular weight is 239 g/mol. The van der Waals surface area contributed by atoms with Gasteiger partial charge in [-0.25, -0.2) is 8.78 Å². The second kappa shape index (κ2) is 5.13. The first-order chi connectivity index (χ1) is 8.08. The van der Waals surface area contributed by atoms with Crippen molar-refractivity contribution >= 4 is 0 Å². The van der Waals surface area contributed by atoms with Gasteiger partial charge in [-0.15, -0.1) is 0 Å². The number of halogens is 2. The summed E-state index contributed by atoms with van der Waals surface area (Å²) in [6.45, 7) is 2.22. The van der Waals surface area contributed by atoms with Crippen molar-refractivity contribution in [2.75, 3.05) is 0 Å². The smallest absolute Gasteiger partial charge is 0.159 e. The summed E-state index contributed by atoms with van der Waals surface area (Å²) in [6.07, 6.45) is 4.26. The van der Waals surface area contributed by atoms with Gasteiger partial charge in [0.2, 0.25) is 0 Å². The maximum Gasteiger partial charge on any atom is 0.159 e. The third-order valence-electron chi connectivity index (χ3n) is 3.93. The van der Waals surface area contributed by atoms with E-state index in [1.54, 1.807) is 6.07 Å². The van der Waals surface area contributed by atoms with Crippen molar-refractivity contribution in [3.8, 4) is 0 Å². The zero-order valence-electron chi connectivity index (χ0n) is 10.1. The molecule has 1 aromatic carbocycles. The Balaban J connectivity index is 2.02. The van der Waals surface area contributed by atoms with Gasteiger partial charge in [-0.3, -0.25) is 0 Å². The molecule has 2 N–H and O–H groups in total. The van der Waals surface area contributed by atoms with Gasteiger partial charge in [0.1, 0.15) is 0 Å². The summed E-state index contributed by atoms with van der Waals surface area (Å²) in [6, 6.07) is 4.11. The van der Waals surface area contributed by atoms with Gasteiger partial charge in [0, 0.05) is 6.04 Å². The Bertz CT molecular complexity index is 392. The zero-order chi connectivity index (χ0) is 12.4. The fourth-order valence-electron chi connectivity index (χ4n) is 2.90. The van der Waals surface area contributed by atoms with Crippen LogP contribution in [0.25, 0.3) is 0 Å². The van der Waals surface area contributed by atoms with E-state index in [1.165, 1.54) is 25.0 Å². The van der Waals surface area contributed by atoms with E-state index in [1.807, 2.05) is 0 Å². The molecule has 1 fully saturated rings. The molecule has 94 valence electrons. The summed E-state index contributed by atoms with van der Waals surface area (Å²) < 4.78 is 25.9. The summed E-state index contributed by atoms with van der Waals surface area (Å²) >= 11 is 0. The Hall–Kier alpha value is -0.960. The second-order valence-corrected chi connectivity index (χ2v) is 5.19. The van der Waals surface area contributed by atoms with Crippen LogP contribution < -0.4 is 5.73 Å². The van der Waals surface area contributed by atoms with E-state index in [-0.39, 0.29) is 6.04 Å². The molecule has 1 nitrogen and oxygen atoms in total. The van der Waals surface area contributed by atoms with Gasteiger partial charge in [0.15, 0.2) is 11.6 Å². The molecule has 1 aromatic rings. The minimum absolute atomic E-state index is 0.0531. The van der Waals surface area contributed by atoms with Crippen molar-refractivity contribution in [2.24, 2.45) is 17.6 Å². The fourth-order valence-corrected chi connectivity index (χ4v) is 2.90. The first-order valence-electron chi connectivity index (χ1n) is 6.27. The molecule has 3 atom stereocenters. The quantitative estimate of drug-likeness (QED) is 0.860. The van der Waals surface area contributed by atoms with E-state index in [0.29, 0.717) is 18.3 Å². The standard InChI is InChI=1S/C14H19F2N/c1-9-3-2-4-11(9)14(17)8-10-5-6-12(15)13(16)7-10/h5-7,9,11,14H,2-4,8,17H2,1H3. The van der Waals surface area contributed by atoms with Gasteiger partial charge in [0.25, 0.3) is 0 Å². The van der Waals surface area contributed by atoms with Crippen LogP contribution in [0.3, 0.4) is 0 Å². The van der Waals surface area contributed by atoms with Crippen molar-refractivity contribution in [3.05, 3.63) is 35.4 Å². The van der Waals surface area contributed by atoms with Gasteiger partial charge in [-0.1, -0.05) is 25.8 Å². The van der Waals surface area contributed by atoms with Crippen LogP contribution in [0.4, 0.5) is 8.78 Å². The molecule has 1 aliphatic rings. The monoisotopic (exact) mass is 239 g/mol. The van der Waals surface area contributed by atoms with Crippen LogP contribution in [0.2, 0.25) is 0 Å². The summed E-state index contributed by atoms with van der Waals surface area (Å²) in [5, 5.41) is 0. The lowest BCUT2D eigenvalue weighted by Gasteiger charge is -2.23. The molecular formula is C14H19F2N. The van der Waals surface area contributed by atoms with Crippen molar-refractivity contribution in [3.63, 3.8) is 0 Å². The van der Waals surface area contributed by atoms with Crippen molar-refractivity contribution in [1.82, 2.24) is 0 Å². The summed E-state index contributed by atoms with van der Waals surface area (Å²) in [4.78, 5) is 0. The van der Waals surface area contributed by atoms with E-state index in [4.69, 9.17) is 5.73 Å². The maximum absolute atomic E-state index is 13.1. The number of benzene rings is 1. The molecule has 2 rings (SSSR count). The summed E-state index contributed by atoms with van der Waals surface area (Å²) in [5.74, 6) is -0.413. The third-order valence-corrected chi connectivity index (χ3v) is 3.93. The molecule has 0 amide bonds. The van der Waals surface area contributed by atoms with Crippen molar-refractivity contribution in [2.45, 2.75) is 38.6 Å². The van der Waals surface area contributed by atoms with E-state index in [2.05, 4.69) is 6.92 Å².